The van der Waals surface area contributed by atoms with Crippen molar-refractivity contribution in [1.82, 2.24) is 0 Å². The predicted octanol–water partition coefficient (Wildman–Crippen LogP) is 0.807. The minimum absolute atomic E-state index is 0.0806. The number of hydrogen-bond acceptors (Lipinski definition) is 4. The molecular formula is C10H12BrNO4S. The van der Waals surface area contributed by atoms with Crippen molar-refractivity contribution in [1.29, 1.82) is 0 Å². The van der Waals surface area contributed by atoms with Crippen LogP contribution in [0.25, 0.3) is 0 Å². The average Bonchev–Trinajstić information content (AvgIpc) is 2.15. The van der Waals surface area contributed by atoms with Crippen molar-refractivity contribution < 1.29 is 18.3 Å². The van der Waals surface area contributed by atoms with Gasteiger partial charge < -0.3 is 10.8 Å². The Kier molecular flexibility index (Phi) is 4.29. The molecule has 17 heavy (non-hydrogen) atoms. The molecule has 1 rings (SSSR count). The van der Waals surface area contributed by atoms with Crippen LogP contribution in [0.15, 0.2) is 27.6 Å². The highest BCUT2D eigenvalue weighted by atomic mass is 79.9. The molecule has 0 heterocycles. The highest BCUT2D eigenvalue weighted by Gasteiger charge is 2.15. The van der Waals surface area contributed by atoms with Gasteiger partial charge in [-0.2, -0.15) is 0 Å². The fourth-order valence-corrected chi connectivity index (χ4v) is 2.69. The summed E-state index contributed by atoms with van der Waals surface area (Å²) in [6.07, 6.45) is 1.17. The van der Waals surface area contributed by atoms with E-state index in [0.29, 0.717) is 10.0 Å². The number of halogens is 1. The zero-order valence-corrected chi connectivity index (χ0v) is 11.5. The van der Waals surface area contributed by atoms with E-state index < -0.39 is 21.8 Å². The quantitative estimate of drug-likeness (QED) is 0.855. The van der Waals surface area contributed by atoms with E-state index in [0.717, 1.165) is 6.26 Å². The van der Waals surface area contributed by atoms with Crippen LogP contribution < -0.4 is 5.73 Å². The largest absolute Gasteiger partial charge is 0.480 e. The van der Waals surface area contributed by atoms with Gasteiger partial charge in [0.1, 0.15) is 6.04 Å². The van der Waals surface area contributed by atoms with Gasteiger partial charge in [0, 0.05) is 10.7 Å². The molecule has 0 spiro atoms. The summed E-state index contributed by atoms with van der Waals surface area (Å²) in [5.41, 5.74) is 5.96. The molecule has 1 unspecified atom stereocenters. The van der Waals surface area contributed by atoms with Gasteiger partial charge in [0.15, 0.2) is 9.84 Å². The second kappa shape index (κ2) is 5.16. The van der Waals surface area contributed by atoms with Crippen LogP contribution in [0.5, 0.6) is 0 Å². The number of aliphatic carboxylic acids is 1. The van der Waals surface area contributed by atoms with Gasteiger partial charge in [-0.25, -0.2) is 8.42 Å². The van der Waals surface area contributed by atoms with Crippen molar-refractivity contribution in [2.75, 3.05) is 6.26 Å². The first-order chi connectivity index (χ1) is 7.70. The first kappa shape index (κ1) is 14.1. The van der Waals surface area contributed by atoms with Crippen LogP contribution in [0.3, 0.4) is 0 Å². The molecule has 0 bridgehead atoms. The van der Waals surface area contributed by atoms with Gasteiger partial charge in [0.05, 0.1) is 4.90 Å². The van der Waals surface area contributed by atoms with Gasteiger partial charge in [-0.05, 0) is 30.2 Å². The van der Waals surface area contributed by atoms with Crippen molar-refractivity contribution in [3.8, 4) is 0 Å². The van der Waals surface area contributed by atoms with Crippen molar-refractivity contribution in [3.05, 3.63) is 28.2 Å². The summed E-state index contributed by atoms with van der Waals surface area (Å²) in [6, 6.07) is 3.50. The lowest BCUT2D eigenvalue weighted by atomic mass is 10.1. The van der Waals surface area contributed by atoms with Crippen LogP contribution in [0, 0.1) is 0 Å². The topological polar surface area (TPSA) is 97.5 Å². The van der Waals surface area contributed by atoms with Crippen LogP contribution in [0.4, 0.5) is 0 Å². The Labute approximate surface area is 108 Å². The molecule has 0 saturated carbocycles. The van der Waals surface area contributed by atoms with E-state index in [4.69, 9.17) is 10.8 Å². The second-order valence-corrected chi connectivity index (χ2v) is 6.65. The third kappa shape index (κ3) is 4.10. The predicted molar refractivity (Wildman–Crippen MR) is 66.6 cm³/mol. The molecule has 0 aliphatic rings. The number of rotatable bonds is 4. The molecule has 0 aliphatic heterocycles. The smallest absolute Gasteiger partial charge is 0.320 e. The van der Waals surface area contributed by atoms with Crippen molar-refractivity contribution >= 4 is 31.7 Å². The Balaban J connectivity index is 3.11. The summed E-state index contributed by atoms with van der Waals surface area (Å²) >= 11 is 3.18. The number of benzene rings is 1. The molecule has 1 atom stereocenters. The average molecular weight is 322 g/mol. The minimum atomic E-state index is -3.32. The van der Waals surface area contributed by atoms with Crippen LogP contribution in [-0.4, -0.2) is 31.8 Å². The number of nitrogens with two attached hydrogens (primary N) is 1. The lowest BCUT2D eigenvalue weighted by molar-refractivity contribution is -0.138. The monoisotopic (exact) mass is 321 g/mol. The maximum atomic E-state index is 11.4. The van der Waals surface area contributed by atoms with Gasteiger partial charge >= 0.3 is 5.97 Å². The zero-order valence-electron chi connectivity index (χ0n) is 9.05. The van der Waals surface area contributed by atoms with Crippen molar-refractivity contribution in [3.63, 3.8) is 0 Å². The minimum Gasteiger partial charge on any atom is -0.480 e. The Morgan fingerprint density at radius 3 is 2.53 bits per heavy atom. The maximum Gasteiger partial charge on any atom is 0.320 e. The molecule has 0 radical (unpaired) electrons. The SMILES string of the molecule is CS(=O)(=O)c1cc(Br)cc(CC(N)C(=O)O)c1. The summed E-state index contributed by atoms with van der Waals surface area (Å²) in [7, 11) is -3.32. The van der Waals surface area contributed by atoms with E-state index in [9.17, 15) is 13.2 Å². The molecule has 3 N–H and O–H groups in total. The molecule has 0 aromatic heterocycles. The van der Waals surface area contributed by atoms with Crippen LogP contribution in [0.2, 0.25) is 0 Å². The number of hydrogen-bond donors (Lipinski definition) is 2. The first-order valence-electron chi connectivity index (χ1n) is 4.68. The molecule has 5 nitrogen and oxygen atoms in total. The van der Waals surface area contributed by atoms with E-state index in [-0.39, 0.29) is 11.3 Å². The summed E-state index contributed by atoms with van der Waals surface area (Å²) in [5.74, 6) is -1.12. The van der Waals surface area contributed by atoms with E-state index in [1.807, 2.05) is 0 Å². The molecule has 0 aliphatic carbocycles. The third-order valence-electron chi connectivity index (χ3n) is 2.13. The first-order valence-corrected chi connectivity index (χ1v) is 7.36. The van der Waals surface area contributed by atoms with E-state index >= 15 is 0 Å². The molecular weight excluding hydrogens is 310 g/mol. The van der Waals surface area contributed by atoms with E-state index in [2.05, 4.69) is 15.9 Å². The maximum absolute atomic E-state index is 11.4. The number of carbonyl (C=O) groups is 1. The molecule has 0 amide bonds. The van der Waals surface area contributed by atoms with Gasteiger partial charge in [-0.15, -0.1) is 0 Å². The lowest BCUT2D eigenvalue weighted by Crippen LogP contribution is -2.32. The van der Waals surface area contributed by atoms with Gasteiger partial charge in [0.2, 0.25) is 0 Å². The third-order valence-corrected chi connectivity index (χ3v) is 3.68. The van der Waals surface area contributed by atoms with Crippen LogP contribution in [0.1, 0.15) is 5.56 Å². The van der Waals surface area contributed by atoms with Crippen LogP contribution in [-0.2, 0) is 21.1 Å². The Bertz CT molecular complexity index is 541. The summed E-state index contributed by atoms with van der Waals surface area (Å²) in [4.78, 5) is 10.8. The zero-order chi connectivity index (χ0) is 13.2. The molecule has 0 saturated heterocycles. The molecule has 94 valence electrons. The van der Waals surface area contributed by atoms with Crippen molar-refractivity contribution in [2.45, 2.75) is 17.4 Å². The number of carboxylic acids is 1. The fraction of sp³-hybridized carbons (Fsp3) is 0.300. The highest BCUT2D eigenvalue weighted by molar-refractivity contribution is 9.10. The number of sulfone groups is 1. The van der Waals surface area contributed by atoms with Gasteiger partial charge in [-0.1, -0.05) is 15.9 Å². The number of carboxylic acid groups (broad SMARTS) is 1. The summed E-state index contributed by atoms with van der Waals surface area (Å²) in [5, 5.41) is 8.69. The molecule has 1 aromatic carbocycles. The van der Waals surface area contributed by atoms with Crippen molar-refractivity contribution in [2.24, 2.45) is 5.73 Å². The molecule has 7 heteroatoms. The van der Waals surface area contributed by atoms with E-state index in [1.54, 1.807) is 6.07 Å². The summed E-state index contributed by atoms with van der Waals surface area (Å²) in [6.45, 7) is 0. The second-order valence-electron chi connectivity index (χ2n) is 3.72. The normalized spacial score (nSPS) is 13.4. The highest BCUT2D eigenvalue weighted by Crippen LogP contribution is 2.20. The van der Waals surface area contributed by atoms with Gasteiger partial charge in [-0.3, -0.25) is 4.79 Å². The van der Waals surface area contributed by atoms with Gasteiger partial charge in [0.25, 0.3) is 0 Å². The van der Waals surface area contributed by atoms with Crippen LogP contribution >= 0.6 is 15.9 Å². The summed E-state index contributed by atoms with van der Waals surface area (Å²) < 4.78 is 23.4. The molecule has 0 fully saturated rings. The Morgan fingerprint density at radius 2 is 2.06 bits per heavy atom. The fourth-order valence-electron chi connectivity index (χ4n) is 1.29. The Hall–Kier alpha value is -0.920. The molecule has 1 aromatic rings. The Morgan fingerprint density at radius 1 is 1.47 bits per heavy atom. The standard InChI is InChI=1S/C10H12BrNO4S/c1-17(15,16)8-3-6(2-7(11)5-8)4-9(12)10(13)14/h2-3,5,9H,4,12H2,1H3,(H,13,14). The lowest BCUT2D eigenvalue weighted by Gasteiger charge is -2.08. The van der Waals surface area contributed by atoms with E-state index in [1.165, 1.54) is 12.1 Å².